The number of anilines is 2. The van der Waals surface area contributed by atoms with Crippen molar-refractivity contribution in [3.8, 4) is 11.5 Å². The summed E-state index contributed by atoms with van der Waals surface area (Å²) in [6.45, 7) is 0.142. The first kappa shape index (κ1) is 18.6. The van der Waals surface area contributed by atoms with E-state index in [1.807, 2.05) is 0 Å². The summed E-state index contributed by atoms with van der Waals surface area (Å²) in [6, 6.07) is 7.89. The number of hydrogen-bond acceptors (Lipinski definition) is 4. The van der Waals surface area contributed by atoms with E-state index < -0.39 is 23.5 Å². The third-order valence-electron chi connectivity index (χ3n) is 4.36. The molecule has 0 radical (unpaired) electrons. The number of methoxy groups -OCH3 is 2. The van der Waals surface area contributed by atoms with Crippen LogP contribution in [0.3, 0.4) is 0 Å². The molecule has 6 nitrogen and oxygen atoms in total. The summed E-state index contributed by atoms with van der Waals surface area (Å²) in [5.74, 6) is -2.02. The van der Waals surface area contributed by atoms with Gasteiger partial charge in [-0.2, -0.15) is 0 Å². The smallest absolute Gasteiger partial charge is 0.229 e. The Labute approximate surface area is 154 Å². The predicted molar refractivity (Wildman–Crippen MR) is 95.0 cm³/mol. The van der Waals surface area contributed by atoms with Crippen molar-refractivity contribution in [2.45, 2.75) is 6.42 Å². The van der Waals surface area contributed by atoms with Crippen molar-refractivity contribution in [1.29, 1.82) is 0 Å². The molecule has 0 spiro atoms. The van der Waals surface area contributed by atoms with Crippen LogP contribution in [0.25, 0.3) is 0 Å². The van der Waals surface area contributed by atoms with Gasteiger partial charge in [-0.1, -0.05) is 0 Å². The molecule has 8 heteroatoms. The third-order valence-corrected chi connectivity index (χ3v) is 4.36. The number of hydrogen-bond donors (Lipinski definition) is 1. The summed E-state index contributed by atoms with van der Waals surface area (Å²) >= 11 is 0. The Morgan fingerprint density at radius 1 is 1.11 bits per heavy atom. The highest BCUT2D eigenvalue weighted by Crippen LogP contribution is 2.34. The first-order valence-electron chi connectivity index (χ1n) is 8.21. The Morgan fingerprint density at radius 2 is 1.85 bits per heavy atom. The molecule has 2 amide bonds. The van der Waals surface area contributed by atoms with Gasteiger partial charge in [-0.05, 0) is 24.3 Å². The van der Waals surface area contributed by atoms with Crippen LogP contribution in [0.15, 0.2) is 36.4 Å². The Hall–Kier alpha value is -3.16. The fourth-order valence-electron chi connectivity index (χ4n) is 2.95. The van der Waals surface area contributed by atoms with Gasteiger partial charge in [-0.15, -0.1) is 0 Å². The molecular weight excluding hydrogens is 358 g/mol. The highest BCUT2D eigenvalue weighted by atomic mass is 19.1. The van der Waals surface area contributed by atoms with Crippen LogP contribution in [0.2, 0.25) is 0 Å². The average Bonchev–Trinajstić information content (AvgIpc) is 3.05. The summed E-state index contributed by atoms with van der Waals surface area (Å²) in [5, 5.41) is 2.41. The standard InChI is InChI=1S/C19H18F2N2O4/c1-26-16-6-4-13(9-17(16)27-2)23-10-11(7-18(23)24)19(25)22-15-5-3-12(20)8-14(15)21/h3-6,8-9,11H,7,10H2,1-2H3,(H,22,25). The SMILES string of the molecule is COc1ccc(N2CC(C(=O)Nc3ccc(F)cc3F)CC2=O)cc1OC. The molecule has 1 fully saturated rings. The lowest BCUT2D eigenvalue weighted by molar-refractivity contribution is -0.122. The molecule has 1 saturated heterocycles. The lowest BCUT2D eigenvalue weighted by Crippen LogP contribution is -2.28. The normalized spacial score (nSPS) is 16.4. The molecule has 0 aliphatic carbocycles. The first-order chi connectivity index (χ1) is 12.9. The van der Waals surface area contributed by atoms with Gasteiger partial charge in [0.15, 0.2) is 11.5 Å². The van der Waals surface area contributed by atoms with E-state index in [0.29, 0.717) is 23.3 Å². The Kier molecular flexibility index (Phi) is 5.25. The highest BCUT2D eigenvalue weighted by Gasteiger charge is 2.35. The van der Waals surface area contributed by atoms with Gasteiger partial charge in [-0.25, -0.2) is 8.78 Å². The van der Waals surface area contributed by atoms with Gasteiger partial charge >= 0.3 is 0 Å². The largest absolute Gasteiger partial charge is 0.493 e. The number of halogens is 2. The van der Waals surface area contributed by atoms with Crippen molar-refractivity contribution in [3.63, 3.8) is 0 Å². The second-order valence-corrected chi connectivity index (χ2v) is 6.06. The van der Waals surface area contributed by atoms with Gasteiger partial charge in [0.25, 0.3) is 0 Å². The van der Waals surface area contributed by atoms with Crippen molar-refractivity contribution in [1.82, 2.24) is 0 Å². The van der Waals surface area contributed by atoms with Crippen LogP contribution in [-0.2, 0) is 9.59 Å². The molecule has 0 saturated carbocycles. The average molecular weight is 376 g/mol. The Bertz CT molecular complexity index is 888. The first-order valence-corrected chi connectivity index (χ1v) is 8.21. The van der Waals surface area contributed by atoms with Gasteiger partial charge in [-0.3, -0.25) is 9.59 Å². The van der Waals surface area contributed by atoms with Crippen molar-refractivity contribution in [3.05, 3.63) is 48.0 Å². The molecule has 142 valence electrons. The van der Waals surface area contributed by atoms with Crippen LogP contribution < -0.4 is 19.7 Å². The monoisotopic (exact) mass is 376 g/mol. The minimum Gasteiger partial charge on any atom is -0.493 e. The van der Waals surface area contributed by atoms with Crippen molar-refractivity contribution >= 4 is 23.2 Å². The zero-order valence-electron chi connectivity index (χ0n) is 14.8. The van der Waals surface area contributed by atoms with Gasteiger partial charge in [0.05, 0.1) is 25.8 Å². The number of carbonyl (C=O) groups excluding carboxylic acids is 2. The fourth-order valence-corrected chi connectivity index (χ4v) is 2.95. The maximum absolute atomic E-state index is 13.7. The minimum absolute atomic E-state index is 0.0109. The summed E-state index contributed by atoms with van der Waals surface area (Å²) in [4.78, 5) is 26.2. The van der Waals surface area contributed by atoms with E-state index >= 15 is 0 Å². The van der Waals surface area contributed by atoms with E-state index in [9.17, 15) is 18.4 Å². The van der Waals surface area contributed by atoms with Crippen LogP contribution in [0.5, 0.6) is 11.5 Å². The topological polar surface area (TPSA) is 67.9 Å². The van der Waals surface area contributed by atoms with E-state index in [0.717, 1.165) is 12.1 Å². The molecule has 0 bridgehead atoms. The summed E-state index contributed by atoms with van der Waals surface area (Å²) in [5.41, 5.74) is 0.444. The maximum Gasteiger partial charge on any atom is 0.229 e. The number of carbonyl (C=O) groups is 2. The van der Waals surface area contributed by atoms with Gasteiger partial charge in [0.1, 0.15) is 11.6 Å². The van der Waals surface area contributed by atoms with Crippen LogP contribution in [0.4, 0.5) is 20.2 Å². The predicted octanol–water partition coefficient (Wildman–Crippen LogP) is 2.97. The Morgan fingerprint density at radius 3 is 2.52 bits per heavy atom. The van der Waals surface area contributed by atoms with E-state index in [1.165, 1.54) is 19.1 Å². The fraction of sp³-hybridized carbons (Fsp3) is 0.263. The van der Waals surface area contributed by atoms with E-state index in [4.69, 9.17) is 9.47 Å². The minimum atomic E-state index is -0.871. The van der Waals surface area contributed by atoms with E-state index in [2.05, 4.69) is 5.32 Å². The summed E-state index contributed by atoms with van der Waals surface area (Å²) < 4.78 is 37.1. The molecule has 1 unspecified atom stereocenters. The Balaban J connectivity index is 1.74. The molecule has 27 heavy (non-hydrogen) atoms. The molecule has 1 aliphatic rings. The molecule has 1 heterocycles. The molecule has 2 aromatic rings. The van der Waals surface area contributed by atoms with E-state index in [1.54, 1.807) is 18.2 Å². The molecule has 3 rings (SSSR count). The summed E-state index contributed by atoms with van der Waals surface area (Å²) in [6.07, 6.45) is -0.0109. The van der Waals surface area contributed by atoms with Gasteiger partial charge < -0.3 is 19.7 Å². The molecule has 1 aliphatic heterocycles. The quantitative estimate of drug-likeness (QED) is 0.871. The van der Waals surface area contributed by atoms with Crippen molar-refractivity contribution < 1.29 is 27.8 Å². The number of ether oxygens (including phenoxy) is 2. The number of nitrogens with one attached hydrogen (secondary N) is 1. The lowest BCUT2D eigenvalue weighted by Gasteiger charge is -2.18. The molecule has 0 aromatic heterocycles. The van der Waals surface area contributed by atoms with Gasteiger partial charge in [0.2, 0.25) is 11.8 Å². The van der Waals surface area contributed by atoms with Crippen LogP contribution >= 0.6 is 0 Å². The summed E-state index contributed by atoms with van der Waals surface area (Å²) in [7, 11) is 2.99. The van der Waals surface area contributed by atoms with Crippen molar-refractivity contribution in [2.75, 3.05) is 31.0 Å². The highest BCUT2D eigenvalue weighted by molar-refractivity contribution is 6.03. The number of benzene rings is 2. The lowest BCUT2D eigenvalue weighted by atomic mass is 10.1. The van der Waals surface area contributed by atoms with Crippen LogP contribution in [0, 0.1) is 17.6 Å². The van der Waals surface area contributed by atoms with Crippen LogP contribution in [-0.4, -0.2) is 32.6 Å². The third kappa shape index (κ3) is 3.84. The number of rotatable bonds is 5. The second kappa shape index (κ2) is 7.61. The maximum atomic E-state index is 13.7. The molecule has 1 atom stereocenters. The zero-order valence-corrected chi connectivity index (χ0v) is 14.8. The molecule has 2 aromatic carbocycles. The van der Waals surface area contributed by atoms with Gasteiger partial charge in [0, 0.05) is 30.8 Å². The number of amides is 2. The van der Waals surface area contributed by atoms with Crippen LogP contribution in [0.1, 0.15) is 6.42 Å². The van der Waals surface area contributed by atoms with Crippen molar-refractivity contribution in [2.24, 2.45) is 5.92 Å². The number of nitrogens with zero attached hydrogens (tertiary/aromatic N) is 1. The van der Waals surface area contributed by atoms with E-state index in [-0.39, 0.29) is 24.6 Å². The second-order valence-electron chi connectivity index (χ2n) is 6.06. The molecule has 1 N–H and O–H groups in total. The zero-order chi connectivity index (χ0) is 19.6. The molecular formula is C19H18F2N2O4.